The van der Waals surface area contributed by atoms with E-state index in [2.05, 4.69) is 0 Å². The topological polar surface area (TPSA) is 17.1 Å². The maximum atomic E-state index is 13.5. The van der Waals surface area contributed by atoms with Crippen LogP contribution in [0.5, 0.6) is 0 Å². The zero-order valence-corrected chi connectivity index (χ0v) is 9.46. The number of fused-ring (bicyclic) bond motifs is 1. The van der Waals surface area contributed by atoms with Gasteiger partial charge in [0.05, 0.1) is 5.56 Å². The molecule has 0 radical (unpaired) electrons. The molecule has 0 spiro atoms. The highest BCUT2D eigenvalue weighted by Gasteiger charge is 2.55. The molecule has 0 heterocycles. The average molecular weight is 236 g/mol. The van der Waals surface area contributed by atoms with Gasteiger partial charge >= 0.3 is 0 Å². The smallest absolute Gasteiger partial charge is 0.172 e. The summed E-state index contributed by atoms with van der Waals surface area (Å²) < 4.78 is 27.0. The quantitative estimate of drug-likeness (QED) is 0.717. The van der Waals surface area contributed by atoms with E-state index in [1.165, 1.54) is 6.07 Å². The van der Waals surface area contributed by atoms with Gasteiger partial charge in [-0.15, -0.1) is 0 Å². The van der Waals surface area contributed by atoms with Gasteiger partial charge in [0, 0.05) is 5.92 Å². The van der Waals surface area contributed by atoms with Crippen molar-refractivity contribution in [3.63, 3.8) is 0 Å². The Kier molecular flexibility index (Phi) is 2.49. The van der Waals surface area contributed by atoms with E-state index in [9.17, 15) is 13.6 Å². The maximum absolute atomic E-state index is 13.5. The number of benzene rings is 1. The Bertz CT molecular complexity index is 437. The third kappa shape index (κ3) is 1.68. The molecule has 0 saturated heterocycles. The van der Waals surface area contributed by atoms with E-state index in [0.29, 0.717) is 11.8 Å². The van der Waals surface area contributed by atoms with Crippen LogP contribution in [-0.4, -0.2) is 5.78 Å². The monoisotopic (exact) mass is 236 g/mol. The van der Waals surface area contributed by atoms with E-state index >= 15 is 0 Å². The first-order chi connectivity index (χ1) is 8.20. The summed E-state index contributed by atoms with van der Waals surface area (Å²) in [7, 11) is 0. The number of carbonyl (C=O) groups is 1. The third-order valence-corrected chi connectivity index (χ3v) is 4.17. The number of rotatable bonds is 2. The van der Waals surface area contributed by atoms with Gasteiger partial charge in [-0.25, -0.2) is 8.78 Å². The first kappa shape index (κ1) is 10.9. The standard InChI is InChI=1S/C14H14F2O/c15-10-6-3-7-11(16)13(10)14(17)12-8-4-1-2-5-9(8)12/h3,6-9,12H,1-2,4-5H2. The summed E-state index contributed by atoms with van der Waals surface area (Å²) in [6.45, 7) is 0. The Balaban J connectivity index is 1.88. The van der Waals surface area contributed by atoms with Crippen LogP contribution >= 0.6 is 0 Å². The minimum Gasteiger partial charge on any atom is -0.294 e. The minimum absolute atomic E-state index is 0.121. The van der Waals surface area contributed by atoms with Crippen molar-refractivity contribution in [1.29, 1.82) is 0 Å². The van der Waals surface area contributed by atoms with Crippen LogP contribution in [0.4, 0.5) is 8.78 Å². The molecule has 17 heavy (non-hydrogen) atoms. The van der Waals surface area contributed by atoms with Crippen molar-refractivity contribution in [3.8, 4) is 0 Å². The number of carbonyl (C=O) groups excluding carboxylic acids is 1. The average Bonchev–Trinajstić information content (AvgIpc) is 3.02. The summed E-state index contributed by atoms with van der Waals surface area (Å²) in [4.78, 5) is 12.1. The highest BCUT2D eigenvalue weighted by atomic mass is 19.1. The summed E-state index contributed by atoms with van der Waals surface area (Å²) >= 11 is 0. The van der Waals surface area contributed by atoms with Crippen molar-refractivity contribution < 1.29 is 13.6 Å². The van der Waals surface area contributed by atoms with Crippen LogP contribution in [0.15, 0.2) is 18.2 Å². The van der Waals surface area contributed by atoms with Gasteiger partial charge in [0.1, 0.15) is 11.6 Å². The van der Waals surface area contributed by atoms with Crippen LogP contribution in [0.25, 0.3) is 0 Å². The Morgan fingerprint density at radius 1 is 1.06 bits per heavy atom. The number of hydrogen-bond acceptors (Lipinski definition) is 1. The molecule has 0 aliphatic heterocycles. The Morgan fingerprint density at radius 3 is 2.12 bits per heavy atom. The van der Waals surface area contributed by atoms with Crippen molar-refractivity contribution in [2.24, 2.45) is 17.8 Å². The predicted molar refractivity (Wildman–Crippen MR) is 59.6 cm³/mol. The SMILES string of the molecule is O=C(c1c(F)cccc1F)C1C2CCCCC21. The molecule has 2 unspecified atom stereocenters. The van der Waals surface area contributed by atoms with Gasteiger partial charge in [-0.3, -0.25) is 4.79 Å². The zero-order chi connectivity index (χ0) is 12.0. The lowest BCUT2D eigenvalue weighted by molar-refractivity contribution is 0.0948. The minimum atomic E-state index is -0.723. The summed E-state index contributed by atoms with van der Waals surface area (Å²) in [6, 6.07) is 3.60. The van der Waals surface area contributed by atoms with Crippen LogP contribution in [0.3, 0.4) is 0 Å². The molecule has 2 aliphatic rings. The summed E-state index contributed by atoms with van der Waals surface area (Å²) in [5.74, 6) is -1.12. The van der Waals surface area contributed by atoms with Crippen molar-refractivity contribution in [2.75, 3.05) is 0 Å². The zero-order valence-electron chi connectivity index (χ0n) is 9.46. The van der Waals surface area contributed by atoms with Crippen LogP contribution in [0.1, 0.15) is 36.0 Å². The van der Waals surface area contributed by atoms with Crippen molar-refractivity contribution in [3.05, 3.63) is 35.4 Å². The molecule has 90 valence electrons. The molecule has 0 bridgehead atoms. The molecular weight excluding hydrogens is 222 g/mol. The van der Waals surface area contributed by atoms with Gasteiger partial charge < -0.3 is 0 Å². The van der Waals surface area contributed by atoms with Gasteiger partial charge in [-0.2, -0.15) is 0 Å². The fourth-order valence-electron chi connectivity index (χ4n) is 3.28. The summed E-state index contributed by atoms with van der Waals surface area (Å²) in [5, 5.41) is 0. The first-order valence-corrected chi connectivity index (χ1v) is 6.18. The molecule has 0 amide bonds. The van der Waals surface area contributed by atoms with E-state index in [0.717, 1.165) is 37.8 Å². The summed E-state index contributed by atoms with van der Waals surface area (Å²) in [6.07, 6.45) is 4.36. The fourth-order valence-corrected chi connectivity index (χ4v) is 3.28. The Hall–Kier alpha value is -1.25. The number of Topliss-reactive ketones (excluding diaryl/α,β-unsaturated/α-hetero) is 1. The van der Waals surface area contributed by atoms with Gasteiger partial charge in [-0.1, -0.05) is 18.9 Å². The highest BCUT2D eigenvalue weighted by Crippen LogP contribution is 2.56. The molecular formula is C14H14F2O. The number of halogens is 2. The largest absolute Gasteiger partial charge is 0.294 e. The Morgan fingerprint density at radius 2 is 1.59 bits per heavy atom. The second-order valence-electron chi connectivity index (χ2n) is 5.10. The lowest BCUT2D eigenvalue weighted by Crippen LogP contribution is -2.09. The maximum Gasteiger partial charge on any atom is 0.172 e. The van der Waals surface area contributed by atoms with E-state index in [1.807, 2.05) is 0 Å². The summed E-state index contributed by atoms with van der Waals surface area (Å²) in [5.41, 5.74) is -0.327. The number of hydrogen-bond donors (Lipinski definition) is 0. The van der Waals surface area contributed by atoms with Crippen molar-refractivity contribution in [1.82, 2.24) is 0 Å². The second kappa shape index (κ2) is 3.90. The fraction of sp³-hybridized carbons (Fsp3) is 0.500. The van der Waals surface area contributed by atoms with E-state index in [1.54, 1.807) is 0 Å². The molecule has 1 aromatic rings. The molecule has 2 atom stereocenters. The van der Waals surface area contributed by atoms with Crippen LogP contribution < -0.4 is 0 Å². The van der Waals surface area contributed by atoms with Crippen molar-refractivity contribution in [2.45, 2.75) is 25.7 Å². The van der Waals surface area contributed by atoms with Gasteiger partial charge in [0.25, 0.3) is 0 Å². The molecule has 3 rings (SSSR count). The molecule has 2 saturated carbocycles. The lowest BCUT2D eigenvalue weighted by atomic mass is 10.0. The van der Waals surface area contributed by atoms with E-state index < -0.39 is 11.6 Å². The van der Waals surface area contributed by atoms with Crippen LogP contribution in [-0.2, 0) is 0 Å². The second-order valence-corrected chi connectivity index (χ2v) is 5.10. The third-order valence-electron chi connectivity index (χ3n) is 4.17. The van der Waals surface area contributed by atoms with Gasteiger partial charge in [0.15, 0.2) is 5.78 Å². The Labute approximate surface area is 98.8 Å². The first-order valence-electron chi connectivity index (χ1n) is 6.18. The van der Waals surface area contributed by atoms with Crippen LogP contribution in [0.2, 0.25) is 0 Å². The normalized spacial score (nSPS) is 30.8. The van der Waals surface area contributed by atoms with Crippen LogP contribution in [0, 0.1) is 29.4 Å². The highest BCUT2D eigenvalue weighted by molar-refractivity contribution is 6.00. The molecule has 3 heteroatoms. The predicted octanol–water partition coefficient (Wildman–Crippen LogP) is 3.58. The van der Waals surface area contributed by atoms with Crippen molar-refractivity contribution >= 4 is 5.78 Å². The molecule has 2 fully saturated rings. The molecule has 0 aromatic heterocycles. The van der Waals surface area contributed by atoms with E-state index in [-0.39, 0.29) is 17.3 Å². The van der Waals surface area contributed by atoms with E-state index in [4.69, 9.17) is 0 Å². The van der Waals surface area contributed by atoms with Gasteiger partial charge in [-0.05, 0) is 36.8 Å². The molecule has 1 aromatic carbocycles. The molecule has 1 nitrogen and oxygen atoms in total. The number of ketones is 1. The molecule has 2 aliphatic carbocycles. The lowest BCUT2D eigenvalue weighted by Gasteiger charge is -2.04. The molecule has 0 N–H and O–H groups in total. The van der Waals surface area contributed by atoms with Gasteiger partial charge in [0.2, 0.25) is 0 Å².